The summed E-state index contributed by atoms with van der Waals surface area (Å²) in [6.45, 7) is 3.27. The first-order valence-corrected chi connectivity index (χ1v) is 6.26. The van der Waals surface area contributed by atoms with Gasteiger partial charge in [-0.1, -0.05) is 6.07 Å². The van der Waals surface area contributed by atoms with Crippen LogP contribution < -0.4 is 5.32 Å². The number of aromatic nitrogens is 1. The van der Waals surface area contributed by atoms with Crippen molar-refractivity contribution in [2.75, 3.05) is 26.4 Å². The molecule has 2 saturated heterocycles. The van der Waals surface area contributed by atoms with Gasteiger partial charge in [0.15, 0.2) is 0 Å². The van der Waals surface area contributed by atoms with Crippen molar-refractivity contribution in [2.24, 2.45) is 0 Å². The van der Waals surface area contributed by atoms with Crippen LogP contribution in [0.25, 0.3) is 0 Å². The summed E-state index contributed by atoms with van der Waals surface area (Å²) in [5.74, 6) is 0. The molecule has 0 aromatic carbocycles. The Labute approximate surface area is 101 Å². The molecule has 0 bridgehead atoms. The second-order valence-electron chi connectivity index (χ2n) is 4.70. The van der Waals surface area contributed by atoms with Gasteiger partial charge in [0, 0.05) is 45.0 Å². The zero-order valence-corrected chi connectivity index (χ0v) is 9.89. The Bertz CT molecular complexity index is 355. The molecule has 4 nitrogen and oxygen atoms in total. The van der Waals surface area contributed by atoms with Crippen LogP contribution in [0.2, 0.25) is 0 Å². The minimum Gasteiger partial charge on any atom is -0.381 e. The van der Waals surface area contributed by atoms with Crippen molar-refractivity contribution in [3.05, 3.63) is 30.1 Å². The Morgan fingerprint density at radius 1 is 1.29 bits per heavy atom. The van der Waals surface area contributed by atoms with E-state index < -0.39 is 0 Å². The number of hydrogen-bond donors (Lipinski definition) is 1. The maximum absolute atomic E-state index is 6.10. The van der Waals surface area contributed by atoms with Crippen LogP contribution in [-0.2, 0) is 9.47 Å². The van der Waals surface area contributed by atoms with Gasteiger partial charge < -0.3 is 14.8 Å². The maximum Gasteiger partial charge on any atom is 0.0921 e. The number of nitrogens with one attached hydrogen (secondary N) is 1. The van der Waals surface area contributed by atoms with E-state index >= 15 is 0 Å². The third-order valence-corrected chi connectivity index (χ3v) is 3.72. The zero-order chi connectivity index (χ0) is 11.6. The van der Waals surface area contributed by atoms with E-state index in [0.717, 1.165) is 39.2 Å². The predicted octanol–water partition coefficient (Wildman–Crippen LogP) is 1.29. The average molecular weight is 234 g/mol. The normalized spacial score (nSPS) is 28.1. The molecular weight excluding hydrogens is 216 g/mol. The summed E-state index contributed by atoms with van der Waals surface area (Å²) in [4.78, 5) is 4.21. The number of ether oxygens (including phenoxy) is 2. The van der Waals surface area contributed by atoms with Gasteiger partial charge in [0.25, 0.3) is 0 Å². The molecule has 0 aliphatic carbocycles. The van der Waals surface area contributed by atoms with E-state index in [0.29, 0.717) is 0 Å². The summed E-state index contributed by atoms with van der Waals surface area (Å²) in [5, 5.41) is 3.58. The van der Waals surface area contributed by atoms with Gasteiger partial charge in [-0.05, 0) is 11.6 Å². The summed E-state index contributed by atoms with van der Waals surface area (Å²) in [7, 11) is 0. The quantitative estimate of drug-likeness (QED) is 0.795. The minimum absolute atomic E-state index is 0.0977. The van der Waals surface area contributed by atoms with Crippen LogP contribution in [0.3, 0.4) is 0 Å². The summed E-state index contributed by atoms with van der Waals surface area (Å²) >= 11 is 0. The fraction of sp³-hybridized carbons (Fsp3) is 0.615. The molecule has 2 aliphatic rings. The van der Waals surface area contributed by atoms with Crippen molar-refractivity contribution in [2.45, 2.75) is 24.5 Å². The summed E-state index contributed by atoms with van der Waals surface area (Å²) < 4.78 is 11.6. The molecule has 1 atom stereocenters. The Kier molecular flexibility index (Phi) is 3.09. The zero-order valence-electron chi connectivity index (χ0n) is 9.89. The smallest absolute Gasteiger partial charge is 0.0921 e. The van der Waals surface area contributed by atoms with Crippen LogP contribution in [-0.4, -0.2) is 37.0 Å². The number of rotatable bonds is 1. The highest BCUT2D eigenvalue weighted by Gasteiger charge is 2.44. The Hall–Kier alpha value is -0.970. The first-order chi connectivity index (χ1) is 8.41. The van der Waals surface area contributed by atoms with E-state index in [1.54, 1.807) is 0 Å². The summed E-state index contributed by atoms with van der Waals surface area (Å²) in [5.41, 5.74) is 1.12. The van der Waals surface area contributed by atoms with Gasteiger partial charge in [-0.15, -0.1) is 0 Å². The van der Waals surface area contributed by atoms with Gasteiger partial charge in [0.2, 0.25) is 0 Å². The van der Waals surface area contributed by atoms with Crippen LogP contribution in [0, 0.1) is 0 Å². The molecule has 0 radical (unpaired) electrons. The third-order valence-electron chi connectivity index (χ3n) is 3.72. The van der Waals surface area contributed by atoms with Crippen molar-refractivity contribution in [3.63, 3.8) is 0 Å². The number of morpholine rings is 1. The lowest BCUT2D eigenvalue weighted by atomic mass is 9.81. The SMILES string of the molecule is c1cncc(C2NCCOC23CCOCC3)c1. The fourth-order valence-electron chi connectivity index (χ4n) is 2.85. The predicted molar refractivity (Wildman–Crippen MR) is 63.7 cm³/mol. The highest BCUT2D eigenvalue weighted by molar-refractivity contribution is 5.20. The summed E-state index contributed by atoms with van der Waals surface area (Å²) in [6, 6.07) is 4.35. The number of pyridine rings is 1. The van der Waals surface area contributed by atoms with Crippen molar-refractivity contribution in [1.82, 2.24) is 10.3 Å². The van der Waals surface area contributed by atoms with Crippen molar-refractivity contribution in [1.29, 1.82) is 0 Å². The molecular formula is C13H18N2O2. The van der Waals surface area contributed by atoms with Crippen molar-refractivity contribution in [3.8, 4) is 0 Å². The monoisotopic (exact) mass is 234 g/mol. The largest absolute Gasteiger partial charge is 0.381 e. The molecule has 2 aliphatic heterocycles. The molecule has 17 heavy (non-hydrogen) atoms. The van der Waals surface area contributed by atoms with Crippen LogP contribution >= 0.6 is 0 Å². The number of nitrogens with zero attached hydrogens (tertiary/aromatic N) is 1. The van der Waals surface area contributed by atoms with E-state index in [4.69, 9.17) is 9.47 Å². The molecule has 1 N–H and O–H groups in total. The highest BCUT2D eigenvalue weighted by Crippen LogP contribution is 2.39. The van der Waals surface area contributed by atoms with E-state index in [1.165, 1.54) is 5.56 Å². The molecule has 1 unspecified atom stereocenters. The van der Waals surface area contributed by atoms with E-state index in [2.05, 4.69) is 16.4 Å². The van der Waals surface area contributed by atoms with E-state index in [9.17, 15) is 0 Å². The Morgan fingerprint density at radius 3 is 2.94 bits per heavy atom. The minimum atomic E-state index is -0.0977. The Morgan fingerprint density at radius 2 is 2.18 bits per heavy atom. The molecule has 2 fully saturated rings. The second kappa shape index (κ2) is 4.72. The topological polar surface area (TPSA) is 43.4 Å². The lowest BCUT2D eigenvalue weighted by Crippen LogP contribution is -2.54. The van der Waals surface area contributed by atoms with Crippen LogP contribution in [0.1, 0.15) is 24.4 Å². The first kappa shape index (κ1) is 11.1. The van der Waals surface area contributed by atoms with Gasteiger partial charge in [0.05, 0.1) is 18.2 Å². The van der Waals surface area contributed by atoms with Gasteiger partial charge >= 0.3 is 0 Å². The van der Waals surface area contributed by atoms with E-state index in [1.807, 2.05) is 18.5 Å². The molecule has 3 rings (SSSR count). The van der Waals surface area contributed by atoms with Gasteiger partial charge in [-0.25, -0.2) is 0 Å². The Balaban J connectivity index is 1.89. The van der Waals surface area contributed by atoms with Crippen molar-refractivity contribution >= 4 is 0 Å². The van der Waals surface area contributed by atoms with Crippen molar-refractivity contribution < 1.29 is 9.47 Å². The fourth-order valence-corrected chi connectivity index (χ4v) is 2.85. The molecule has 92 valence electrons. The molecule has 4 heteroatoms. The lowest BCUT2D eigenvalue weighted by Gasteiger charge is -2.46. The maximum atomic E-state index is 6.10. The highest BCUT2D eigenvalue weighted by atomic mass is 16.5. The molecule has 0 amide bonds. The van der Waals surface area contributed by atoms with Crippen LogP contribution in [0.5, 0.6) is 0 Å². The van der Waals surface area contributed by atoms with Gasteiger partial charge in [-0.2, -0.15) is 0 Å². The molecule has 0 saturated carbocycles. The third kappa shape index (κ3) is 2.08. The first-order valence-electron chi connectivity index (χ1n) is 6.26. The van der Waals surface area contributed by atoms with Crippen LogP contribution in [0.4, 0.5) is 0 Å². The van der Waals surface area contributed by atoms with Crippen LogP contribution in [0.15, 0.2) is 24.5 Å². The molecule has 1 aromatic heterocycles. The lowest BCUT2D eigenvalue weighted by molar-refractivity contribution is -0.149. The second-order valence-corrected chi connectivity index (χ2v) is 4.70. The molecule has 3 heterocycles. The van der Waals surface area contributed by atoms with E-state index in [-0.39, 0.29) is 11.6 Å². The molecule has 1 aromatic rings. The summed E-state index contributed by atoms with van der Waals surface area (Å²) in [6.07, 6.45) is 5.66. The average Bonchev–Trinajstić information content (AvgIpc) is 2.41. The standard InChI is InChI=1S/C13H18N2O2/c1-2-11(10-14-5-1)12-13(17-9-6-15-12)3-7-16-8-4-13/h1-2,5,10,12,15H,3-4,6-9H2. The van der Waals surface area contributed by atoms with Gasteiger partial charge in [0.1, 0.15) is 0 Å². The van der Waals surface area contributed by atoms with Gasteiger partial charge in [-0.3, -0.25) is 4.98 Å². The molecule has 1 spiro atoms. The number of hydrogen-bond acceptors (Lipinski definition) is 4.